The predicted molar refractivity (Wildman–Crippen MR) is 119 cm³/mol. The van der Waals surface area contributed by atoms with Gasteiger partial charge in [0.05, 0.1) is 29.4 Å². The van der Waals surface area contributed by atoms with Gasteiger partial charge in [-0.3, -0.25) is 14.7 Å². The Morgan fingerprint density at radius 3 is 2.72 bits per heavy atom. The van der Waals surface area contributed by atoms with E-state index >= 15 is 0 Å². The fraction of sp³-hybridized carbons (Fsp3) is 0.522. The van der Waals surface area contributed by atoms with E-state index in [2.05, 4.69) is 43.3 Å². The van der Waals surface area contributed by atoms with E-state index in [9.17, 15) is 4.79 Å². The van der Waals surface area contributed by atoms with E-state index in [1.54, 1.807) is 6.20 Å². The number of carbonyl (C=O) groups excluding carboxylic acids is 1. The highest BCUT2D eigenvalue weighted by Crippen LogP contribution is 2.38. The summed E-state index contributed by atoms with van der Waals surface area (Å²) in [5.41, 5.74) is 2.61. The summed E-state index contributed by atoms with van der Waals surface area (Å²) in [5, 5.41) is 13.6. The smallest absolute Gasteiger partial charge is 0.169 e. The molecule has 0 spiro atoms. The molecule has 1 heterocycles. The maximum Gasteiger partial charge on any atom is 0.169 e. The number of nitrogens with one attached hydrogen (secondary N) is 1. The van der Waals surface area contributed by atoms with Crippen molar-refractivity contribution in [2.75, 3.05) is 25.5 Å². The first-order valence-electron chi connectivity index (χ1n) is 10.5. The number of anilines is 1. The molecule has 1 aromatic carbocycles. The van der Waals surface area contributed by atoms with Gasteiger partial charge in [-0.1, -0.05) is 15.9 Å². The first-order chi connectivity index (χ1) is 14.0. The molecule has 0 unspecified atom stereocenters. The van der Waals surface area contributed by atoms with Crippen LogP contribution in [0.3, 0.4) is 0 Å². The van der Waals surface area contributed by atoms with E-state index in [0.29, 0.717) is 18.5 Å². The molecule has 2 aliphatic carbocycles. The third kappa shape index (κ3) is 4.79. The first-order valence-corrected chi connectivity index (χ1v) is 11.3. The van der Waals surface area contributed by atoms with Crippen LogP contribution in [-0.2, 0) is 0 Å². The molecule has 5 nitrogen and oxygen atoms in total. The Hall–Kier alpha value is -1.97. The van der Waals surface area contributed by atoms with Gasteiger partial charge in [0.2, 0.25) is 0 Å². The fourth-order valence-electron chi connectivity index (χ4n) is 4.39. The lowest BCUT2D eigenvalue weighted by atomic mass is 9.85. The first kappa shape index (κ1) is 20.3. The van der Waals surface area contributed by atoms with Crippen LogP contribution in [0.15, 0.2) is 28.9 Å². The van der Waals surface area contributed by atoms with Crippen molar-refractivity contribution in [2.45, 2.75) is 44.6 Å². The highest BCUT2D eigenvalue weighted by molar-refractivity contribution is 9.10. The monoisotopic (exact) mass is 454 g/mol. The molecule has 29 heavy (non-hydrogen) atoms. The summed E-state index contributed by atoms with van der Waals surface area (Å²) in [5.74, 6) is 1.05. The number of rotatable bonds is 7. The van der Waals surface area contributed by atoms with Gasteiger partial charge >= 0.3 is 0 Å². The molecule has 2 aromatic rings. The van der Waals surface area contributed by atoms with Crippen molar-refractivity contribution < 1.29 is 4.79 Å². The van der Waals surface area contributed by atoms with E-state index in [1.165, 1.54) is 0 Å². The molecule has 0 atom stereocenters. The van der Waals surface area contributed by atoms with Crippen LogP contribution >= 0.6 is 15.9 Å². The second-order valence-corrected chi connectivity index (χ2v) is 9.48. The van der Waals surface area contributed by atoms with Gasteiger partial charge in [0, 0.05) is 34.6 Å². The van der Waals surface area contributed by atoms with Crippen LogP contribution in [0.5, 0.6) is 0 Å². The minimum atomic E-state index is 0.174. The van der Waals surface area contributed by atoms with Gasteiger partial charge in [-0.2, -0.15) is 5.26 Å². The van der Waals surface area contributed by atoms with Crippen LogP contribution < -0.4 is 5.32 Å². The van der Waals surface area contributed by atoms with Crippen LogP contribution in [0, 0.1) is 23.2 Å². The number of fused-ring (bicyclic) bond motifs is 1. The van der Waals surface area contributed by atoms with Crippen molar-refractivity contribution in [3.63, 3.8) is 0 Å². The second kappa shape index (κ2) is 8.81. The second-order valence-electron chi connectivity index (χ2n) is 8.56. The molecule has 0 radical (unpaired) electrons. The Morgan fingerprint density at radius 2 is 2.03 bits per heavy atom. The van der Waals surface area contributed by atoms with Gasteiger partial charge in [0.1, 0.15) is 0 Å². The van der Waals surface area contributed by atoms with Crippen molar-refractivity contribution in [1.82, 2.24) is 9.88 Å². The number of carbonyl (C=O) groups is 1. The summed E-state index contributed by atoms with van der Waals surface area (Å²) in [6.07, 6.45) is 8.21. The minimum Gasteiger partial charge on any atom is -0.381 e. The molecule has 1 N–H and O–H groups in total. The number of hydrogen-bond acceptors (Lipinski definition) is 5. The number of nitriles is 1. The molecule has 0 bridgehead atoms. The number of halogens is 1. The standard InChI is InChI=1S/C23H27BrN4O/c1-28(11-10-25)14-15-2-7-18(8-3-15)27-22-19-12-17(24)6-9-21(19)26-13-20(22)23(29)16-4-5-16/h6,9,12-13,15-16,18H,2-5,7-8,11,14H2,1H3,(H,26,27). The fourth-order valence-corrected chi connectivity index (χ4v) is 4.75. The largest absolute Gasteiger partial charge is 0.381 e. The topological polar surface area (TPSA) is 69.0 Å². The quantitative estimate of drug-likeness (QED) is 0.469. The lowest BCUT2D eigenvalue weighted by Gasteiger charge is -2.32. The zero-order chi connectivity index (χ0) is 20.4. The van der Waals surface area contributed by atoms with Crippen molar-refractivity contribution in [1.29, 1.82) is 5.26 Å². The normalized spacial score (nSPS) is 21.9. The van der Waals surface area contributed by atoms with Gasteiger partial charge < -0.3 is 5.32 Å². The summed E-state index contributed by atoms with van der Waals surface area (Å²) in [7, 11) is 2.02. The summed E-state index contributed by atoms with van der Waals surface area (Å²) in [6.45, 7) is 1.47. The Bertz CT molecular complexity index is 942. The Labute approximate surface area is 180 Å². The van der Waals surface area contributed by atoms with Gasteiger partial charge in [0.15, 0.2) is 5.78 Å². The third-order valence-electron chi connectivity index (χ3n) is 6.15. The van der Waals surface area contributed by atoms with E-state index in [0.717, 1.165) is 71.7 Å². The van der Waals surface area contributed by atoms with Crippen LogP contribution in [0.25, 0.3) is 10.9 Å². The Balaban J connectivity index is 1.53. The summed E-state index contributed by atoms with van der Waals surface area (Å²) in [4.78, 5) is 19.6. The van der Waals surface area contributed by atoms with Crippen molar-refractivity contribution in [3.05, 3.63) is 34.4 Å². The van der Waals surface area contributed by atoms with E-state index in [1.807, 2.05) is 19.2 Å². The van der Waals surface area contributed by atoms with Crippen LogP contribution in [0.4, 0.5) is 5.69 Å². The molecule has 4 rings (SSSR count). The average molecular weight is 455 g/mol. The lowest BCUT2D eigenvalue weighted by Crippen LogP contribution is -2.32. The number of nitrogens with zero attached hydrogens (tertiary/aromatic N) is 3. The number of pyridine rings is 1. The highest BCUT2D eigenvalue weighted by Gasteiger charge is 2.33. The van der Waals surface area contributed by atoms with Gasteiger partial charge in [-0.15, -0.1) is 0 Å². The van der Waals surface area contributed by atoms with E-state index in [4.69, 9.17) is 5.26 Å². The number of Topliss-reactive ketones (excluding diaryl/α,β-unsaturated/α-hetero) is 1. The highest BCUT2D eigenvalue weighted by atomic mass is 79.9. The molecule has 0 amide bonds. The molecular formula is C23H27BrN4O. The molecule has 152 valence electrons. The summed E-state index contributed by atoms with van der Waals surface area (Å²) in [6, 6.07) is 8.64. The summed E-state index contributed by atoms with van der Waals surface area (Å²) < 4.78 is 0.995. The van der Waals surface area contributed by atoms with Gasteiger partial charge in [-0.05, 0) is 69.7 Å². The van der Waals surface area contributed by atoms with Crippen LogP contribution in [0.2, 0.25) is 0 Å². The zero-order valence-corrected chi connectivity index (χ0v) is 18.4. The van der Waals surface area contributed by atoms with Gasteiger partial charge in [-0.25, -0.2) is 0 Å². The number of aromatic nitrogens is 1. The van der Waals surface area contributed by atoms with Crippen LogP contribution in [0.1, 0.15) is 48.9 Å². The molecule has 0 saturated heterocycles. The average Bonchev–Trinajstić information content (AvgIpc) is 3.55. The third-order valence-corrected chi connectivity index (χ3v) is 6.64. The van der Waals surface area contributed by atoms with Crippen molar-refractivity contribution >= 4 is 38.3 Å². The lowest BCUT2D eigenvalue weighted by molar-refractivity contribution is 0.0968. The number of benzene rings is 1. The predicted octanol–water partition coefficient (Wildman–Crippen LogP) is 5.02. The maximum absolute atomic E-state index is 12.9. The summed E-state index contributed by atoms with van der Waals surface area (Å²) >= 11 is 3.57. The Morgan fingerprint density at radius 1 is 1.28 bits per heavy atom. The van der Waals surface area contributed by atoms with Crippen LogP contribution in [-0.4, -0.2) is 41.8 Å². The minimum absolute atomic E-state index is 0.174. The number of hydrogen-bond donors (Lipinski definition) is 1. The molecule has 6 heteroatoms. The molecule has 0 aliphatic heterocycles. The molecule has 2 fully saturated rings. The molecule has 2 aliphatic rings. The maximum atomic E-state index is 12.9. The zero-order valence-electron chi connectivity index (χ0n) is 16.8. The molecule has 2 saturated carbocycles. The SMILES string of the molecule is CN(CC#N)CC1CCC(Nc2c(C(=O)C3CC3)cnc3ccc(Br)cc23)CC1. The van der Waals surface area contributed by atoms with E-state index < -0.39 is 0 Å². The van der Waals surface area contributed by atoms with Crippen molar-refractivity contribution in [2.24, 2.45) is 11.8 Å². The molecular weight excluding hydrogens is 428 g/mol. The number of ketones is 1. The van der Waals surface area contributed by atoms with Gasteiger partial charge in [0.25, 0.3) is 0 Å². The van der Waals surface area contributed by atoms with Crippen molar-refractivity contribution in [3.8, 4) is 6.07 Å². The molecule has 1 aromatic heterocycles. The Kier molecular flexibility index (Phi) is 6.17. The van der Waals surface area contributed by atoms with E-state index in [-0.39, 0.29) is 11.7 Å².